The highest BCUT2D eigenvalue weighted by Crippen LogP contribution is 1.98. The minimum Gasteiger partial charge on any atom is -1.00 e. The molecule has 0 aromatic carbocycles. The zero-order valence-electron chi connectivity index (χ0n) is 4.42. The van der Waals surface area contributed by atoms with Crippen LogP contribution < -0.4 is 21.7 Å². The Balaban J connectivity index is 0.000000640. The summed E-state index contributed by atoms with van der Waals surface area (Å²) in [5.41, 5.74) is 0. The summed E-state index contributed by atoms with van der Waals surface area (Å²) < 4.78 is 1.29. The molecule has 0 aliphatic rings. The van der Waals surface area contributed by atoms with Crippen LogP contribution in [0.1, 0.15) is 0 Å². The first-order chi connectivity index (χ1) is 3.80. The van der Waals surface area contributed by atoms with E-state index in [-0.39, 0.29) is 17.0 Å². The Morgan fingerprint density at radius 2 is 2.11 bits per heavy atom. The van der Waals surface area contributed by atoms with Crippen LogP contribution in [0.2, 0.25) is 0 Å². The van der Waals surface area contributed by atoms with Crippen molar-refractivity contribution < 1.29 is 21.7 Å². The van der Waals surface area contributed by atoms with E-state index in [0.29, 0.717) is 4.60 Å². The molecule has 50 valence electrons. The highest BCUT2D eigenvalue weighted by atomic mass is 79.9. The molecule has 4 heteroatoms. The molecule has 1 rings (SSSR count). The molecule has 1 aromatic rings. The highest BCUT2D eigenvalue weighted by Gasteiger charge is 1.92. The van der Waals surface area contributed by atoms with Crippen molar-refractivity contribution in [3.8, 4) is 0 Å². The molecule has 0 aliphatic carbocycles. The minimum absolute atomic E-state index is 0. The molecular weight excluding hydrogens is 250 g/mol. The van der Waals surface area contributed by atoms with Gasteiger partial charge in [-0.15, -0.1) is 0 Å². The van der Waals surface area contributed by atoms with Gasteiger partial charge in [0.25, 0.3) is 4.60 Å². The molecule has 0 bridgehead atoms. The first-order valence-electron chi connectivity index (χ1n) is 2.14. The third-order valence-corrected chi connectivity index (χ3v) is 1.39. The van der Waals surface area contributed by atoms with Gasteiger partial charge in [-0.3, -0.25) is 0 Å². The standard InChI is InChI=1S/C5H4BrNO.BrH/c6-5-3-1-2-4-7(5)8;/h1-4H;1H/p-1. The summed E-state index contributed by atoms with van der Waals surface area (Å²) in [5.74, 6) is 0. The van der Waals surface area contributed by atoms with Gasteiger partial charge >= 0.3 is 0 Å². The number of hydrogen-bond donors (Lipinski definition) is 0. The van der Waals surface area contributed by atoms with Crippen LogP contribution in [0.4, 0.5) is 0 Å². The Kier molecular flexibility index (Phi) is 3.81. The number of pyridine rings is 1. The Hall–Kier alpha value is -0.0900. The highest BCUT2D eigenvalue weighted by molar-refractivity contribution is 9.10. The lowest BCUT2D eigenvalue weighted by Crippen LogP contribution is -3.00. The minimum atomic E-state index is 0. The van der Waals surface area contributed by atoms with Crippen LogP contribution in [0.3, 0.4) is 0 Å². The fourth-order valence-corrected chi connectivity index (χ4v) is 0.678. The van der Waals surface area contributed by atoms with Crippen molar-refractivity contribution in [1.29, 1.82) is 0 Å². The molecule has 0 atom stereocenters. The van der Waals surface area contributed by atoms with Crippen molar-refractivity contribution in [2.45, 2.75) is 0 Å². The van der Waals surface area contributed by atoms with Gasteiger partial charge in [-0.05, 0) is 6.07 Å². The maximum atomic E-state index is 10.5. The van der Waals surface area contributed by atoms with E-state index in [1.54, 1.807) is 18.2 Å². The SMILES string of the molecule is [Br-].[O-][n+]1ccccc1Br. The third kappa shape index (κ3) is 2.32. The average Bonchev–Trinajstić information content (AvgIpc) is 1.77. The quantitative estimate of drug-likeness (QED) is 0.301. The van der Waals surface area contributed by atoms with E-state index in [1.807, 2.05) is 0 Å². The van der Waals surface area contributed by atoms with Gasteiger partial charge in [0.2, 0.25) is 0 Å². The van der Waals surface area contributed by atoms with Gasteiger partial charge in [0.05, 0.1) is 0 Å². The molecule has 0 amide bonds. The van der Waals surface area contributed by atoms with E-state index in [9.17, 15) is 5.21 Å². The van der Waals surface area contributed by atoms with E-state index < -0.39 is 0 Å². The summed E-state index contributed by atoms with van der Waals surface area (Å²) in [6.07, 6.45) is 1.43. The first kappa shape index (κ1) is 8.91. The Labute approximate surface area is 72.0 Å². The zero-order valence-corrected chi connectivity index (χ0v) is 7.59. The van der Waals surface area contributed by atoms with Crippen LogP contribution in [-0.2, 0) is 0 Å². The Bertz CT molecular complexity index is 171. The van der Waals surface area contributed by atoms with Crippen molar-refractivity contribution in [1.82, 2.24) is 0 Å². The fraction of sp³-hybridized carbons (Fsp3) is 0. The van der Waals surface area contributed by atoms with Crippen LogP contribution >= 0.6 is 15.9 Å². The van der Waals surface area contributed by atoms with Gasteiger partial charge in [-0.25, -0.2) is 0 Å². The molecule has 0 spiro atoms. The van der Waals surface area contributed by atoms with Crippen molar-refractivity contribution >= 4 is 15.9 Å². The number of rotatable bonds is 0. The molecule has 0 aliphatic heterocycles. The number of halogens is 2. The van der Waals surface area contributed by atoms with E-state index in [0.717, 1.165) is 4.73 Å². The lowest BCUT2D eigenvalue weighted by Gasteiger charge is -1.93. The summed E-state index contributed by atoms with van der Waals surface area (Å²) in [6.45, 7) is 0. The lowest BCUT2D eigenvalue weighted by atomic mass is 10.5. The lowest BCUT2D eigenvalue weighted by molar-refractivity contribution is -0.617. The van der Waals surface area contributed by atoms with Gasteiger partial charge in [-0.2, -0.15) is 4.73 Å². The number of hydrogen-bond acceptors (Lipinski definition) is 1. The summed E-state index contributed by atoms with van der Waals surface area (Å²) in [6, 6.07) is 5.16. The summed E-state index contributed by atoms with van der Waals surface area (Å²) in [7, 11) is 0. The molecule has 9 heavy (non-hydrogen) atoms. The zero-order chi connectivity index (χ0) is 5.98. The molecule has 0 radical (unpaired) electrons. The van der Waals surface area contributed by atoms with E-state index >= 15 is 0 Å². The van der Waals surface area contributed by atoms with Crippen molar-refractivity contribution in [2.75, 3.05) is 0 Å². The summed E-state index contributed by atoms with van der Waals surface area (Å²) in [5, 5.41) is 10.5. The van der Waals surface area contributed by atoms with E-state index in [4.69, 9.17) is 0 Å². The molecule has 1 aromatic heterocycles. The normalized spacial score (nSPS) is 8.11. The second-order valence-corrected chi connectivity index (χ2v) is 2.16. The molecule has 1 heterocycles. The third-order valence-electron chi connectivity index (χ3n) is 0.777. The molecule has 0 N–H and O–H groups in total. The van der Waals surface area contributed by atoms with Gasteiger partial charge in [0.1, 0.15) is 0 Å². The predicted octanol–water partition coefficient (Wildman–Crippen LogP) is -1.91. The molecule has 0 saturated carbocycles. The second kappa shape index (κ2) is 3.85. The van der Waals surface area contributed by atoms with Gasteiger partial charge in [0.15, 0.2) is 6.20 Å². The van der Waals surface area contributed by atoms with Crippen LogP contribution in [0.15, 0.2) is 29.0 Å². The van der Waals surface area contributed by atoms with Crippen LogP contribution in [-0.4, -0.2) is 0 Å². The molecule has 0 saturated heterocycles. The monoisotopic (exact) mass is 252 g/mol. The molecule has 2 nitrogen and oxygen atoms in total. The van der Waals surface area contributed by atoms with Crippen LogP contribution in [0.5, 0.6) is 0 Å². The average molecular weight is 254 g/mol. The molecule has 0 unspecified atom stereocenters. The van der Waals surface area contributed by atoms with Gasteiger partial charge in [-0.1, -0.05) is 0 Å². The second-order valence-electron chi connectivity index (χ2n) is 1.35. The van der Waals surface area contributed by atoms with Crippen LogP contribution in [0.25, 0.3) is 0 Å². The maximum absolute atomic E-state index is 10.5. The van der Waals surface area contributed by atoms with Crippen LogP contribution in [0, 0.1) is 5.21 Å². The largest absolute Gasteiger partial charge is 1.00 e. The van der Waals surface area contributed by atoms with Gasteiger partial charge < -0.3 is 22.2 Å². The number of aromatic nitrogens is 1. The van der Waals surface area contributed by atoms with Crippen molar-refractivity contribution in [2.24, 2.45) is 0 Å². The predicted molar refractivity (Wildman–Crippen MR) is 33.1 cm³/mol. The Morgan fingerprint density at radius 3 is 2.44 bits per heavy atom. The first-order valence-corrected chi connectivity index (χ1v) is 2.94. The van der Waals surface area contributed by atoms with Crippen molar-refractivity contribution in [3.63, 3.8) is 0 Å². The maximum Gasteiger partial charge on any atom is 0.259 e. The topological polar surface area (TPSA) is 26.9 Å². The number of nitrogens with zero attached hydrogens (tertiary/aromatic N) is 1. The Morgan fingerprint density at radius 1 is 1.44 bits per heavy atom. The van der Waals surface area contributed by atoms with E-state index in [1.165, 1.54) is 6.20 Å². The molecule has 0 fully saturated rings. The summed E-state index contributed by atoms with van der Waals surface area (Å²) in [4.78, 5) is 0. The van der Waals surface area contributed by atoms with E-state index in [2.05, 4.69) is 15.9 Å². The summed E-state index contributed by atoms with van der Waals surface area (Å²) >= 11 is 3.05. The molecular formula is C5H4Br2NO-. The fourth-order valence-electron chi connectivity index (χ4n) is 0.407. The smallest absolute Gasteiger partial charge is 0.259 e. The van der Waals surface area contributed by atoms with Crippen molar-refractivity contribution in [3.05, 3.63) is 34.2 Å². The van der Waals surface area contributed by atoms with Gasteiger partial charge in [0, 0.05) is 28.1 Å².